The van der Waals surface area contributed by atoms with Gasteiger partial charge >= 0.3 is 0 Å². The van der Waals surface area contributed by atoms with Crippen LogP contribution in [-0.2, 0) is 0 Å². The van der Waals surface area contributed by atoms with Crippen molar-refractivity contribution < 1.29 is 13.3 Å². The molecule has 0 unspecified atom stereocenters. The second kappa shape index (κ2) is 5.21. The summed E-state index contributed by atoms with van der Waals surface area (Å²) in [6.45, 7) is 0. The first-order chi connectivity index (χ1) is 10.1. The molecule has 0 saturated heterocycles. The van der Waals surface area contributed by atoms with Gasteiger partial charge in [0.1, 0.15) is 5.69 Å². The molecule has 8 heteroatoms. The summed E-state index contributed by atoms with van der Waals surface area (Å²) in [5.74, 6) is -1.89. The number of hydrogen-bond acceptors (Lipinski definition) is 5. The van der Waals surface area contributed by atoms with Crippen LogP contribution in [0.25, 0.3) is 23.0 Å². The van der Waals surface area contributed by atoms with Gasteiger partial charge in [-0.05, 0) is 34.1 Å². The SMILES string of the molecule is Nc1cc(F)c(F)cc1-c1nc(-c2ncccc2Br)no1. The average molecular weight is 353 g/mol. The summed E-state index contributed by atoms with van der Waals surface area (Å²) in [6.07, 6.45) is 1.57. The third-order valence-corrected chi connectivity index (χ3v) is 3.36. The number of aromatic nitrogens is 3. The maximum absolute atomic E-state index is 13.3. The van der Waals surface area contributed by atoms with Gasteiger partial charge in [-0.15, -0.1) is 0 Å². The van der Waals surface area contributed by atoms with Crippen molar-refractivity contribution in [3.63, 3.8) is 0 Å². The summed E-state index contributed by atoms with van der Waals surface area (Å²) < 4.78 is 32.1. The minimum Gasteiger partial charge on any atom is -0.398 e. The van der Waals surface area contributed by atoms with Crippen molar-refractivity contribution in [3.05, 3.63) is 46.6 Å². The summed E-state index contributed by atoms with van der Waals surface area (Å²) in [5.41, 5.74) is 6.24. The lowest BCUT2D eigenvalue weighted by molar-refractivity contribution is 0.431. The van der Waals surface area contributed by atoms with E-state index >= 15 is 0 Å². The van der Waals surface area contributed by atoms with Crippen LogP contribution in [0.5, 0.6) is 0 Å². The molecule has 3 rings (SSSR count). The van der Waals surface area contributed by atoms with Gasteiger partial charge in [0.25, 0.3) is 5.89 Å². The third kappa shape index (κ3) is 2.49. The fraction of sp³-hybridized carbons (Fsp3) is 0. The molecule has 0 atom stereocenters. The van der Waals surface area contributed by atoms with Crippen LogP contribution in [0, 0.1) is 11.6 Å². The first-order valence-corrected chi connectivity index (χ1v) is 6.55. The van der Waals surface area contributed by atoms with E-state index in [1.807, 2.05) is 0 Å². The average Bonchev–Trinajstić information content (AvgIpc) is 2.92. The normalized spacial score (nSPS) is 10.8. The maximum atomic E-state index is 13.3. The number of anilines is 1. The van der Waals surface area contributed by atoms with Gasteiger partial charge in [0.05, 0.1) is 5.56 Å². The summed E-state index contributed by atoms with van der Waals surface area (Å²) >= 11 is 3.32. The molecule has 2 N–H and O–H groups in total. The largest absolute Gasteiger partial charge is 0.398 e. The molecule has 0 amide bonds. The van der Waals surface area contributed by atoms with Crippen molar-refractivity contribution in [2.45, 2.75) is 0 Å². The topological polar surface area (TPSA) is 77.8 Å². The van der Waals surface area contributed by atoms with Crippen molar-refractivity contribution in [2.24, 2.45) is 0 Å². The Hall–Kier alpha value is -2.35. The molecule has 0 bridgehead atoms. The molecule has 1 aromatic carbocycles. The van der Waals surface area contributed by atoms with E-state index in [1.54, 1.807) is 18.3 Å². The number of pyridine rings is 1. The summed E-state index contributed by atoms with van der Waals surface area (Å²) in [7, 11) is 0. The Labute approximate surface area is 125 Å². The number of nitrogens with two attached hydrogens (primary N) is 1. The highest BCUT2D eigenvalue weighted by molar-refractivity contribution is 9.10. The van der Waals surface area contributed by atoms with E-state index in [4.69, 9.17) is 10.3 Å². The van der Waals surface area contributed by atoms with Crippen molar-refractivity contribution in [1.82, 2.24) is 15.1 Å². The lowest BCUT2D eigenvalue weighted by atomic mass is 10.1. The summed E-state index contributed by atoms with van der Waals surface area (Å²) in [5, 5.41) is 3.77. The lowest BCUT2D eigenvalue weighted by Gasteiger charge is -2.01. The Morgan fingerprint density at radius 3 is 2.71 bits per heavy atom. The molecule has 21 heavy (non-hydrogen) atoms. The molecule has 0 saturated carbocycles. The molecule has 0 aliphatic heterocycles. The van der Waals surface area contributed by atoms with E-state index < -0.39 is 11.6 Å². The van der Waals surface area contributed by atoms with Gasteiger partial charge in [-0.1, -0.05) is 5.16 Å². The molecule has 0 fully saturated rings. The zero-order valence-corrected chi connectivity index (χ0v) is 11.9. The van der Waals surface area contributed by atoms with E-state index in [-0.39, 0.29) is 23.0 Å². The molecule has 2 aromatic heterocycles. The smallest absolute Gasteiger partial charge is 0.260 e. The molecule has 0 radical (unpaired) electrons. The van der Waals surface area contributed by atoms with Crippen LogP contribution in [-0.4, -0.2) is 15.1 Å². The standard InChI is InChI=1S/C13H7BrF2N4O/c14-7-2-1-3-18-11(7)12-19-13(21-20-12)6-4-8(15)9(16)5-10(6)17/h1-5H,17H2. The van der Waals surface area contributed by atoms with Crippen LogP contribution in [0.3, 0.4) is 0 Å². The molecular weight excluding hydrogens is 346 g/mol. The Morgan fingerprint density at radius 2 is 1.95 bits per heavy atom. The van der Waals surface area contributed by atoms with Crippen molar-refractivity contribution in [1.29, 1.82) is 0 Å². The molecule has 0 aliphatic carbocycles. The van der Waals surface area contributed by atoms with Crippen molar-refractivity contribution >= 4 is 21.6 Å². The monoisotopic (exact) mass is 352 g/mol. The Kier molecular flexibility index (Phi) is 3.38. The predicted octanol–water partition coefficient (Wildman–Crippen LogP) is 3.42. The minimum absolute atomic E-state index is 0.00388. The highest BCUT2D eigenvalue weighted by atomic mass is 79.9. The lowest BCUT2D eigenvalue weighted by Crippen LogP contribution is -1.95. The summed E-state index contributed by atoms with van der Waals surface area (Å²) in [6, 6.07) is 5.28. The van der Waals surface area contributed by atoms with Crippen molar-refractivity contribution in [3.8, 4) is 23.0 Å². The van der Waals surface area contributed by atoms with Gasteiger partial charge in [-0.25, -0.2) is 8.78 Å². The number of benzene rings is 1. The zero-order valence-electron chi connectivity index (χ0n) is 10.3. The Morgan fingerprint density at radius 1 is 1.19 bits per heavy atom. The second-order valence-corrected chi connectivity index (χ2v) is 4.96. The fourth-order valence-corrected chi connectivity index (χ4v) is 2.16. The van der Waals surface area contributed by atoms with Crippen LogP contribution >= 0.6 is 15.9 Å². The quantitative estimate of drug-likeness (QED) is 0.715. The molecular formula is C13H7BrF2N4O. The number of rotatable bonds is 2. The Bertz CT molecular complexity index is 822. The molecule has 3 aromatic rings. The van der Waals surface area contributed by atoms with Gasteiger partial charge in [0.2, 0.25) is 5.82 Å². The van der Waals surface area contributed by atoms with Gasteiger partial charge < -0.3 is 10.3 Å². The maximum Gasteiger partial charge on any atom is 0.260 e. The van der Waals surface area contributed by atoms with Gasteiger partial charge in [0.15, 0.2) is 11.6 Å². The van der Waals surface area contributed by atoms with Crippen LogP contribution in [0.4, 0.5) is 14.5 Å². The minimum atomic E-state index is -1.04. The van der Waals surface area contributed by atoms with E-state index in [1.165, 1.54) is 0 Å². The first-order valence-electron chi connectivity index (χ1n) is 5.75. The van der Waals surface area contributed by atoms with Gasteiger partial charge in [0, 0.05) is 22.4 Å². The van der Waals surface area contributed by atoms with Crippen LogP contribution in [0.1, 0.15) is 0 Å². The first kappa shape index (κ1) is 13.6. The molecule has 5 nitrogen and oxygen atoms in total. The highest BCUT2D eigenvalue weighted by Crippen LogP contribution is 2.30. The molecule has 2 heterocycles. The predicted molar refractivity (Wildman–Crippen MR) is 75.0 cm³/mol. The highest BCUT2D eigenvalue weighted by Gasteiger charge is 2.17. The van der Waals surface area contributed by atoms with Gasteiger partial charge in [-0.2, -0.15) is 4.98 Å². The molecule has 0 aliphatic rings. The zero-order chi connectivity index (χ0) is 15.0. The van der Waals surface area contributed by atoms with E-state index in [0.717, 1.165) is 12.1 Å². The summed E-state index contributed by atoms with van der Waals surface area (Å²) in [4.78, 5) is 8.22. The van der Waals surface area contributed by atoms with E-state index in [2.05, 4.69) is 31.1 Å². The molecule has 106 valence electrons. The third-order valence-electron chi connectivity index (χ3n) is 2.72. The Balaban J connectivity index is 2.07. The van der Waals surface area contributed by atoms with Crippen LogP contribution in [0.15, 0.2) is 39.5 Å². The number of nitrogen functional groups attached to an aromatic ring is 1. The number of hydrogen-bond donors (Lipinski definition) is 1. The number of halogens is 3. The van der Waals surface area contributed by atoms with E-state index in [9.17, 15) is 8.78 Å². The van der Waals surface area contributed by atoms with Crippen molar-refractivity contribution in [2.75, 3.05) is 5.73 Å². The van der Waals surface area contributed by atoms with Gasteiger partial charge in [-0.3, -0.25) is 4.98 Å². The van der Waals surface area contributed by atoms with Crippen LogP contribution < -0.4 is 5.73 Å². The van der Waals surface area contributed by atoms with Crippen LogP contribution in [0.2, 0.25) is 0 Å². The van der Waals surface area contributed by atoms with E-state index in [0.29, 0.717) is 10.2 Å². The number of nitrogens with zero attached hydrogens (tertiary/aromatic N) is 3. The molecule has 0 spiro atoms. The fourth-order valence-electron chi connectivity index (χ4n) is 1.73. The second-order valence-electron chi connectivity index (χ2n) is 4.11.